The van der Waals surface area contributed by atoms with Gasteiger partial charge in [-0.25, -0.2) is 9.97 Å². The molecule has 0 aliphatic heterocycles. The Morgan fingerprint density at radius 2 is 2.19 bits per heavy atom. The van der Waals surface area contributed by atoms with Crippen molar-refractivity contribution in [1.29, 1.82) is 0 Å². The molecule has 1 aliphatic rings. The van der Waals surface area contributed by atoms with E-state index in [0.717, 1.165) is 19.3 Å². The normalized spacial score (nSPS) is 15.9. The zero-order chi connectivity index (χ0) is 14.9. The molecule has 0 atom stereocenters. The molecule has 21 heavy (non-hydrogen) atoms. The first-order valence-corrected chi connectivity index (χ1v) is 6.87. The van der Waals surface area contributed by atoms with Crippen LogP contribution >= 0.6 is 0 Å². The molecule has 1 saturated carbocycles. The molecule has 0 radical (unpaired) electrons. The van der Waals surface area contributed by atoms with E-state index in [1.54, 1.807) is 6.07 Å². The van der Waals surface area contributed by atoms with E-state index < -0.39 is 4.92 Å². The van der Waals surface area contributed by atoms with Crippen molar-refractivity contribution in [2.24, 2.45) is 5.41 Å². The summed E-state index contributed by atoms with van der Waals surface area (Å²) in [5, 5.41) is 23.9. The molecule has 0 spiro atoms. The van der Waals surface area contributed by atoms with Crippen molar-refractivity contribution >= 4 is 22.4 Å². The number of anilines is 1. The number of nitro groups is 1. The summed E-state index contributed by atoms with van der Waals surface area (Å²) in [6, 6.07) is 4.55. The first-order valence-electron chi connectivity index (χ1n) is 6.87. The van der Waals surface area contributed by atoms with Crippen LogP contribution < -0.4 is 5.32 Å². The fraction of sp³-hybridized carbons (Fsp3) is 0.429. The lowest BCUT2D eigenvalue weighted by molar-refractivity contribution is -0.384. The van der Waals surface area contributed by atoms with Gasteiger partial charge in [-0.2, -0.15) is 0 Å². The Morgan fingerprint density at radius 3 is 2.86 bits per heavy atom. The zero-order valence-corrected chi connectivity index (χ0v) is 11.5. The van der Waals surface area contributed by atoms with Gasteiger partial charge >= 0.3 is 0 Å². The molecule has 1 aromatic carbocycles. The van der Waals surface area contributed by atoms with Crippen molar-refractivity contribution in [1.82, 2.24) is 9.97 Å². The van der Waals surface area contributed by atoms with Crippen molar-refractivity contribution < 1.29 is 10.0 Å². The molecule has 0 bridgehead atoms. The van der Waals surface area contributed by atoms with Gasteiger partial charge in [-0.05, 0) is 30.7 Å². The Morgan fingerprint density at radius 1 is 1.38 bits per heavy atom. The Hall–Kier alpha value is -2.28. The highest BCUT2D eigenvalue weighted by molar-refractivity contribution is 5.90. The zero-order valence-electron chi connectivity index (χ0n) is 11.5. The van der Waals surface area contributed by atoms with Gasteiger partial charge < -0.3 is 10.4 Å². The van der Waals surface area contributed by atoms with Crippen LogP contribution in [0.2, 0.25) is 0 Å². The molecular formula is C14H16N4O3. The van der Waals surface area contributed by atoms with Crippen molar-refractivity contribution in [3.63, 3.8) is 0 Å². The first kappa shape index (κ1) is 13.7. The summed E-state index contributed by atoms with van der Waals surface area (Å²) < 4.78 is 0. The molecule has 0 unspecified atom stereocenters. The van der Waals surface area contributed by atoms with Gasteiger partial charge in [0.25, 0.3) is 5.69 Å². The van der Waals surface area contributed by atoms with Gasteiger partial charge in [0, 0.05) is 30.7 Å². The maximum absolute atomic E-state index is 10.9. The standard InChI is InChI=1S/C14H16N4O3/c19-6-5-14(3-4-14)8-15-13-11-7-10(18(20)21)1-2-12(11)16-9-17-13/h1-2,7,9,19H,3-6,8H2,(H,15,16,17). The molecule has 0 saturated heterocycles. The number of non-ortho nitro benzene ring substituents is 1. The van der Waals surface area contributed by atoms with Gasteiger partial charge in [0.15, 0.2) is 0 Å². The number of fused-ring (bicyclic) bond motifs is 1. The van der Waals surface area contributed by atoms with Crippen LogP contribution in [0, 0.1) is 15.5 Å². The molecule has 1 fully saturated rings. The Labute approximate surface area is 121 Å². The molecule has 2 N–H and O–H groups in total. The maximum Gasteiger partial charge on any atom is 0.270 e. The van der Waals surface area contributed by atoms with Crippen LogP contribution in [0.15, 0.2) is 24.5 Å². The number of nitrogens with one attached hydrogen (secondary N) is 1. The number of aromatic nitrogens is 2. The second kappa shape index (κ2) is 5.25. The van der Waals surface area contributed by atoms with E-state index in [1.165, 1.54) is 18.5 Å². The van der Waals surface area contributed by atoms with E-state index in [0.29, 0.717) is 23.3 Å². The number of hydrogen-bond donors (Lipinski definition) is 2. The van der Waals surface area contributed by atoms with Crippen LogP contribution in [0.1, 0.15) is 19.3 Å². The van der Waals surface area contributed by atoms with Gasteiger partial charge in [-0.3, -0.25) is 10.1 Å². The Bertz CT molecular complexity index is 685. The van der Waals surface area contributed by atoms with E-state index in [-0.39, 0.29) is 17.7 Å². The molecule has 3 rings (SSSR count). The number of nitrogens with zero attached hydrogens (tertiary/aromatic N) is 3. The van der Waals surface area contributed by atoms with Crippen molar-refractivity contribution in [3.8, 4) is 0 Å². The van der Waals surface area contributed by atoms with Gasteiger partial charge in [0.1, 0.15) is 12.1 Å². The van der Waals surface area contributed by atoms with Gasteiger partial charge in [0.2, 0.25) is 0 Å². The molecule has 7 nitrogen and oxygen atoms in total. The minimum atomic E-state index is -0.426. The molecule has 0 amide bonds. The number of hydrogen-bond acceptors (Lipinski definition) is 6. The van der Waals surface area contributed by atoms with Crippen molar-refractivity contribution in [2.75, 3.05) is 18.5 Å². The molecular weight excluding hydrogens is 272 g/mol. The largest absolute Gasteiger partial charge is 0.396 e. The smallest absolute Gasteiger partial charge is 0.270 e. The van der Waals surface area contributed by atoms with E-state index in [1.807, 2.05) is 0 Å². The third-order valence-corrected chi connectivity index (χ3v) is 4.06. The van der Waals surface area contributed by atoms with E-state index in [4.69, 9.17) is 5.11 Å². The molecule has 1 heterocycles. The monoisotopic (exact) mass is 288 g/mol. The lowest BCUT2D eigenvalue weighted by atomic mass is 10.0. The van der Waals surface area contributed by atoms with Crippen LogP contribution in [-0.2, 0) is 0 Å². The van der Waals surface area contributed by atoms with Crippen LogP contribution in [0.3, 0.4) is 0 Å². The van der Waals surface area contributed by atoms with Crippen LogP contribution in [0.4, 0.5) is 11.5 Å². The molecule has 1 aliphatic carbocycles. The summed E-state index contributed by atoms with van der Waals surface area (Å²) >= 11 is 0. The maximum atomic E-state index is 10.9. The SMILES string of the molecule is O=[N+]([O-])c1ccc2ncnc(NCC3(CCO)CC3)c2c1. The summed E-state index contributed by atoms with van der Waals surface area (Å²) in [7, 11) is 0. The van der Waals surface area contributed by atoms with Crippen LogP contribution in [0.5, 0.6) is 0 Å². The summed E-state index contributed by atoms with van der Waals surface area (Å²) in [5.74, 6) is 0.605. The summed E-state index contributed by atoms with van der Waals surface area (Å²) in [4.78, 5) is 18.8. The molecule has 110 valence electrons. The predicted octanol–water partition coefficient (Wildman–Crippen LogP) is 2.11. The highest BCUT2D eigenvalue weighted by Gasteiger charge is 2.41. The quantitative estimate of drug-likeness (QED) is 0.623. The van der Waals surface area contributed by atoms with Gasteiger partial charge in [-0.1, -0.05) is 0 Å². The molecule has 1 aromatic heterocycles. The first-order chi connectivity index (χ1) is 10.1. The molecule has 2 aromatic rings. The fourth-order valence-electron chi connectivity index (χ4n) is 2.50. The number of benzene rings is 1. The highest BCUT2D eigenvalue weighted by atomic mass is 16.6. The topological polar surface area (TPSA) is 101 Å². The van der Waals surface area contributed by atoms with Gasteiger partial charge in [0.05, 0.1) is 10.4 Å². The van der Waals surface area contributed by atoms with E-state index >= 15 is 0 Å². The van der Waals surface area contributed by atoms with E-state index in [2.05, 4.69) is 15.3 Å². The van der Waals surface area contributed by atoms with Crippen LogP contribution in [0.25, 0.3) is 10.9 Å². The summed E-state index contributed by atoms with van der Waals surface area (Å²) in [6.45, 7) is 0.889. The summed E-state index contributed by atoms with van der Waals surface area (Å²) in [6.07, 6.45) is 4.39. The van der Waals surface area contributed by atoms with Gasteiger partial charge in [-0.15, -0.1) is 0 Å². The Balaban J connectivity index is 1.87. The number of nitro benzene ring substituents is 1. The minimum Gasteiger partial charge on any atom is -0.396 e. The lowest BCUT2D eigenvalue weighted by Gasteiger charge is -2.15. The van der Waals surface area contributed by atoms with Crippen molar-refractivity contribution in [2.45, 2.75) is 19.3 Å². The molecule has 7 heteroatoms. The average Bonchev–Trinajstić information content (AvgIpc) is 3.25. The minimum absolute atomic E-state index is 0.0249. The predicted molar refractivity (Wildman–Crippen MR) is 78.1 cm³/mol. The fourth-order valence-corrected chi connectivity index (χ4v) is 2.50. The third-order valence-electron chi connectivity index (χ3n) is 4.06. The number of aliphatic hydroxyl groups excluding tert-OH is 1. The van der Waals surface area contributed by atoms with Crippen LogP contribution in [-0.4, -0.2) is 33.1 Å². The highest BCUT2D eigenvalue weighted by Crippen LogP contribution is 2.48. The second-order valence-electron chi connectivity index (χ2n) is 5.51. The average molecular weight is 288 g/mol. The summed E-state index contributed by atoms with van der Waals surface area (Å²) in [5.41, 5.74) is 0.842. The lowest BCUT2D eigenvalue weighted by Crippen LogP contribution is -2.17. The van der Waals surface area contributed by atoms with Crippen molar-refractivity contribution in [3.05, 3.63) is 34.6 Å². The van der Waals surface area contributed by atoms with E-state index in [9.17, 15) is 10.1 Å². The second-order valence-corrected chi connectivity index (χ2v) is 5.51. The Kier molecular flexibility index (Phi) is 3.42. The number of aliphatic hydroxyl groups is 1. The third kappa shape index (κ3) is 2.78. The number of rotatable bonds is 6.